The molecule has 21 heavy (non-hydrogen) atoms. The number of aliphatic hydroxyl groups excluding tert-OH is 1. The number of piperidine rings is 1. The molecule has 4 nitrogen and oxygen atoms in total. The van der Waals surface area contributed by atoms with Crippen LogP contribution >= 0.6 is 11.6 Å². The number of nitrogens with zero attached hydrogens (tertiary/aromatic N) is 2. The molecule has 112 valence electrons. The summed E-state index contributed by atoms with van der Waals surface area (Å²) in [6, 6.07) is 7.53. The number of halogens is 1. The van der Waals surface area contributed by atoms with Gasteiger partial charge < -0.3 is 9.52 Å². The molecule has 0 saturated carbocycles. The fourth-order valence-electron chi connectivity index (χ4n) is 2.69. The van der Waals surface area contributed by atoms with E-state index in [0.717, 1.165) is 30.8 Å². The van der Waals surface area contributed by atoms with Gasteiger partial charge in [-0.1, -0.05) is 18.5 Å². The van der Waals surface area contributed by atoms with Gasteiger partial charge in [-0.3, -0.25) is 4.90 Å². The Labute approximate surface area is 129 Å². The minimum Gasteiger partial charge on any atom is -0.439 e. The van der Waals surface area contributed by atoms with Crippen molar-refractivity contribution in [3.8, 4) is 11.3 Å². The maximum Gasteiger partial charge on any atom is 0.209 e. The lowest BCUT2D eigenvalue weighted by molar-refractivity contribution is 0.0290. The minimum atomic E-state index is -0.185. The summed E-state index contributed by atoms with van der Waals surface area (Å²) in [5, 5.41) is 10.5. The predicted octanol–water partition coefficient (Wildman–Crippen LogP) is 3.20. The fraction of sp³-hybridized carbons (Fsp3) is 0.438. The topological polar surface area (TPSA) is 49.5 Å². The zero-order valence-corrected chi connectivity index (χ0v) is 12.8. The van der Waals surface area contributed by atoms with Gasteiger partial charge in [0, 0.05) is 23.7 Å². The quantitative estimate of drug-likeness (QED) is 0.946. The van der Waals surface area contributed by atoms with Crippen molar-refractivity contribution in [2.45, 2.75) is 26.0 Å². The average Bonchev–Trinajstić information content (AvgIpc) is 2.92. The maximum atomic E-state index is 9.76. The van der Waals surface area contributed by atoms with Crippen molar-refractivity contribution >= 4 is 11.6 Å². The fourth-order valence-corrected chi connectivity index (χ4v) is 2.81. The van der Waals surface area contributed by atoms with E-state index in [1.807, 2.05) is 24.3 Å². The molecule has 0 spiro atoms. The molecule has 1 aliphatic heterocycles. The van der Waals surface area contributed by atoms with E-state index in [1.165, 1.54) is 0 Å². The summed E-state index contributed by atoms with van der Waals surface area (Å²) in [6.45, 7) is 4.51. The molecule has 0 radical (unpaired) electrons. The van der Waals surface area contributed by atoms with Crippen molar-refractivity contribution in [2.75, 3.05) is 13.1 Å². The van der Waals surface area contributed by atoms with Gasteiger partial charge in [0.05, 0.1) is 18.8 Å². The highest BCUT2D eigenvalue weighted by atomic mass is 35.5. The number of likely N-dealkylation sites (tertiary alicyclic amines) is 1. The van der Waals surface area contributed by atoms with Crippen LogP contribution in [0.25, 0.3) is 11.3 Å². The van der Waals surface area contributed by atoms with Gasteiger partial charge in [-0.2, -0.15) is 0 Å². The third kappa shape index (κ3) is 3.46. The molecule has 0 aliphatic carbocycles. The Hall–Kier alpha value is -1.36. The SMILES string of the molecule is CC1CN(Cc2ncc(-c3ccc(Cl)cc3)o2)CCC1O. The zero-order valence-electron chi connectivity index (χ0n) is 12.0. The highest BCUT2D eigenvalue weighted by Gasteiger charge is 2.25. The van der Waals surface area contributed by atoms with Gasteiger partial charge in [0.1, 0.15) is 0 Å². The van der Waals surface area contributed by atoms with Crippen LogP contribution in [0.3, 0.4) is 0 Å². The molecule has 2 aromatic rings. The van der Waals surface area contributed by atoms with Gasteiger partial charge in [-0.05, 0) is 36.6 Å². The molecule has 3 rings (SSSR count). The smallest absolute Gasteiger partial charge is 0.209 e. The first-order valence-electron chi connectivity index (χ1n) is 7.23. The lowest BCUT2D eigenvalue weighted by Gasteiger charge is -2.33. The lowest BCUT2D eigenvalue weighted by Crippen LogP contribution is -2.41. The van der Waals surface area contributed by atoms with Gasteiger partial charge >= 0.3 is 0 Å². The Kier molecular flexibility index (Phi) is 4.29. The second-order valence-electron chi connectivity index (χ2n) is 5.69. The molecule has 2 heterocycles. The van der Waals surface area contributed by atoms with Gasteiger partial charge in [-0.25, -0.2) is 4.98 Å². The Morgan fingerprint density at radius 2 is 2.14 bits per heavy atom. The molecule has 1 saturated heterocycles. The molecule has 2 atom stereocenters. The summed E-state index contributed by atoms with van der Waals surface area (Å²) in [6.07, 6.45) is 2.38. The van der Waals surface area contributed by atoms with Crippen LogP contribution in [0, 0.1) is 5.92 Å². The Morgan fingerprint density at radius 1 is 1.38 bits per heavy atom. The number of rotatable bonds is 3. The number of aliphatic hydroxyl groups is 1. The Bertz CT molecular complexity index is 597. The van der Waals surface area contributed by atoms with E-state index in [-0.39, 0.29) is 6.10 Å². The number of benzene rings is 1. The van der Waals surface area contributed by atoms with Crippen LogP contribution in [0.1, 0.15) is 19.2 Å². The van der Waals surface area contributed by atoms with Crippen molar-refractivity contribution in [3.63, 3.8) is 0 Å². The predicted molar refractivity (Wildman–Crippen MR) is 82.0 cm³/mol. The molecule has 1 aromatic heterocycles. The van der Waals surface area contributed by atoms with Crippen LogP contribution in [-0.2, 0) is 6.54 Å². The third-order valence-corrected chi connectivity index (χ3v) is 4.24. The monoisotopic (exact) mass is 306 g/mol. The van der Waals surface area contributed by atoms with E-state index >= 15 is 0 Å². The zero-order chi connectivity index (χ0) is 14.8. The van der Waals surface area contributed by atoms with E-state index in [2.05, 4.69) is 16.8 Å². The number of oxazole rings is 1. The first-order valence-corrected chi connectivity index (χ1v) is 7.60. The van der Waals surface area contributed by atoms with E-state index < -0.39 is 0 Å². The molecule has 2 unspecified atom stereocenters. The average molecular weight is 307 g/mol. The van der Waals surface area contributed by atoms with Crippen molar-refractivity contribution in [2.24, 2.45) is 5.92 Å². The Balaban J connectivity index is 1.66. The lowest BCUT2D eigenvalue weighted by atomic mass is 9.97. The van der Waals surface area contributed by atoms with Gasteiger partial charge in [0.2, 0.25) is 5.89 Å². The van der Waals surface area contributed by atoms with Gasteiger partial charge in [0.25, 0.3) is 0 Å². The van der Waals surface area contributed by atoms with Crippen LogP contribution in [0.4, 0.5) is 0 Å². The van der Waals surface area contributed by atoms with E-state index in [1.54, 1.807) is 6.20 Å². The number of aromatic nitrogens is 1. The van der Waals surface area contributed by atoms with Crippen LogP contribution in [0.2, 0.25) is 5.02 Å². The second kappa shape index (κ2) is 6.18. The van der Waals surface area contributed by atoms with Crippen molar-refractivity contribution in [1.82, 2.24) is 9.88 Å². The first-order chi connectivity index (χ1) is 10.1. The normalized spacial score (nSPS) is 23.4. The standard InChI is InChI=1S/C16H19ClN2O2/c1-11-9-19(7-6-14(11)20)10-16-18-8-15(21-16)12-2-4-13(17)5-3-12/h2-5,8,11,14,20H,6-7,9-10H2,1H3. The summed E-state index contributed by atoms with van der Waals surface area (Å²) < 4.78 is 5.82. The van der Waals surface area contributed by atoms with Crippen molar-refractivity contribution in [1.29, 1.82) is 0 Å². The molecule has 5 heteroatoms. The first kappa shape index (κ1) is 14.6. The number of hydrogen-bond donors (Lipinski definition) is 1. The molecule has 0 bridgehead atoms. The molecule has 0 amide bonds. The van der Waals surface area contributed by atoms with Crippen LogP contribution in [0.5, 0.6) is 0 Å². The largest absolute Gasteiger partial charge is 0.439 e. The second-order valence-corrected chi connectivity index (χ2v) is 6.13. The van der Waals surface area contributed by atoms with Crippen LogP contribution in [0.15, 0.2) is 34.9 Å². The van der Waals surface area contributed by atoms with Gasteiger partial charge in [-0.15, -0.1) is 0 Å². The highest BCUT2D eigenvalue weighted by Crippen LogP contribution is 2.24. The molecule has 1 N–H and O–H groups in total. The molecule has 1 aliphatic rings. The van der Waals surface area contributed by atoms with Crippen LogP contribution in [-0.4, -0.2) is 34.2 Å². The molecular weight excluding hydrogens is 288 g/mol. The highest BCUT2D eigenvalue weighted by molar-refractivity contribution is 6.30. The van der Waals surface area contributed by atoms with E-state index in [9.17, 15) is 5.11 Å². The number of hydrogen-bond acceptors (Lipinski definition) is 4. The molecule has 1 aromatic carbocycles. The summed E-state index contributed by atoms with van der Waals surface area (Å²) in [5.74, 6) is 1.76. The summed E-state index contributed by atoms with van der Waals surface area (Å²) in [5.41, 5.74) is 0.973. The third-order valence-electron chi connectivity index (χ3n) is 3.99. The van der Waals surface area contributed by atoms with E-state index in [0.29, 0.717) is 23.4 Å². The summed E-state index contributed by atoms with van der Waals surface area (Å²) >= 11 is 5.89. The van der Waals surface area contributed by atoms with Gasteiger partial charge in [0.15, 0.2) is 5.76 Å². The summed E-state index contributed by atoms with van der Waals surface area (Å²) in [7, 11) is 0. The van der Waals surface area contributed by atoms with E-state index in [4.69, 9.17) is 16.0 Å². The Morgan fingerprint density at radius 3 is 2.86 bits per heavy atom. The molecular formula is C16H19ClN2O2. The van der Waals surface area contributed by atoms with Crippen molar-refractivity contribution in [3.05, 3.63) is 41.4 Å². The minimum absolute atomic E-state index is 0.185. The maximum absolute atomic E-state index is 9.76. The van der Waals surface area contributed by atoms with Crippen LogP contribution < -0.4 is 0 Å². The summed E-state index contributed by atoms with van der Waals surface area (Å²) in [4.78, 5) is 6.62. The van der Waals surface area contributed by atoms with Crippen molar-refractivity contribution < 1.29 is 9.52 Å². The molecule has 1 fully saturated rings.